The average Bonchev–Trinajstić information content (AvgIpc) is 3.43. The van der Waals surface area contributed by atoms with Gasteiger partial charge in [0.2, 0.25) is 0 Å². The molecule has 5 N–H and O–H groups in total. The second-order valence-electron chi connectivity index (χ2n) is 15.7. The molecule has 2 aromatic heterocycles. The van der Waals surface area contributed by atoms with E-state index < -0.39 is 43.4 Å². The maximum absolute atomic E-state index is 13.3. The minimum atomic E-state index is -4.75. The third-order valence-corrected chi connectivity index (χ3v) is 12.7. The second-order valence-corrected chi connectivity index (χ2v) is 17.5. The van der Waals surface area contributed by atoms with Crippen molar-refractivity contribution in [3.63, 3.8) is 0 Å². The quantitative estimate of drug-likeness (QED) is 0.0422. The zero-order valence-corrected chi connectivity index (χ0v) is 34.6. The number of hydrogen-bond acceptors (Lipinski definition) is 11. The number of hydrogen-bond donors (Lipinski definition) is 4. The largest absolute Gasteiger partial charge is 0.472 e. The van der Waals surface area contributed by atoms with Gasteiger partial charge in [0.15, 0.2) is 11.4 Å². The molecule has 1 aliphatic heterocycles. The van der Waals surface area contributed by atoms with Crippen LogP contribution in [0.5, 0.6) is 0 Å². The Kier molecular flexibility index (Phi) is 16.6. The molecule has 1 saturated heterocycles. The molecule has 1 aromatic carbocycles. The van der Waals surface area contributed by atoms with Gasteiger partial charge in [-0.15, -0.1) is 0 Å². The summed E-state index contributed by atoms with van der Waals surface area (Å²) in [6.07, 6.45) is 18.9. The fourth-order valence-electron chi connectivity index (χ4n) is 7.92. The lowest BCUT2D eigenvalue weighted by Gasteiger charge is -2.24. The van der Waals surface area contributed by atoms with Gasteiger partial charge in [0.1, 0.15) is 41.8 Å². The fourth-order valence-corrected chi connectivity index (χ4v) is 9.21. The number of unbranched alkanes of at least 4 members (excludes halogenated alkanes) is 16. The predicted octanol–water partition coefficient (Wildman–Crippen LogP) is 8.90. The summed E-state index contributed by atoms with van der Waals surface area (Å²) in [5.41, 5.74) is 4.50. The number of rotatable bonds is 27. The van der Waals surface area contributed by atoms with E-state index in [0.717, 1.165) is 24.8 Å². The van der Waals surface area contributed by atoms with Crippen molar-refractivity contribution >= 4 is 30.8 Å². The van der Waals surface area contributed by atoms with E-state index in [2.05, 4.69) is 17.0 Å². The monoisotopic (exact) mass is 817 g/mol. The highest BCUT2D eigenvalue weighted by Crippen LogP contribution is 2.68. The van der Waals surface area contributed by atoms with E-state index in [0.29, 0.717) is 28.2 Å². The summed E-state index contributed by atoms with van der Waals surface area (Å²) < 4.78 is 37.9. The molecule has 2 aliphatic rings. The molecule has 7 atom stereocenters. The van der Waals surface area contributed by atoms with Gasteiger partial charge in [-0.3, -0.25) is 9.05 Å². The van der Waals surface area contributed by atoms with Crippen LogP contribution in [0.4, 0.5) is 5.82 Å². The molecule has 13 nitrogen and oxygen atoms in total. The van der Waals surface area contributed by atoms with Gasteiger partial charge in [-0.05, 0) is 43.2 Å². The number of aliphatic hydroxyl groups excluding tert-OH is 1. The van der Waals surface area contributed by atoms with Crippen molar-refractivity contribution < 1.29 is 38.2 Å². The first kappa shape index (κ1) is 44.5. The van der Waals surface area contributed by atoms with Crippen molar-refractivity contribution in [2.75, 3.05) is 12.3 Å². The van der Waals surface area contributed by atoms with Crippen LogP contribution in [-0.2, 0) is 29.7 Å². The lowest BCUT2D eigenvalue weighted by molar-refractivity contribution is -0.0816. The number of phosphoric acid groups is 1. The molecule has 2 fully saturated rings. The van der Waals surface area contributed by atoms with Crippen LogP contribution in [0.2, 0.25) is 5.02 Å². The number of ether oxygens (including phenoxy) is 2. The van der Waals surface area contributed by atoms with Crippen LogP contribution in [0.3, 0.4) is 0 Å². The lowest BCUT2D eigenvalue weighted by Crippen LogP contribution is -2.35. The molecule has 5 rings (SSSR count). The Morgan fingerprint density at radius 1 is 1.00 bits per heavy atom. The van der Waals surface area contributed by atoms with Crippen molar-refractivity contribution in [2.45, 2.75) is 172 Å². The molecule has 3 heterocycles. The van der Waals surface area contributed by atoms with Crippen LogP contribution in [0.1, 0.15) is 152 Å². The van der Waals surface area contributed by atoms with Crippen LogP contribution >= 0.6 is 19.4 Å². The van der Waals surface area contributed by atoms with Crippen molar-refractivity contribution in [3.8, 4) is 6.07 Å². The maximum atomic E-state index is 13.3. The number of aliphatic hydroxyl groups is 2. The number of nitrogens with zero attached hydrogens (tertiary/aromatic N) is 4. The van der Waals surface area contributed by atoms with Gasteiger partial charge >= 0.3 is 7.82 Å². The van der Waals surface area contributed by atoms with Gasteiger partial charge in [-0.1, -0.05) is 134 Å². The minimum absolute atomic E-state index is 0.155. The Balaban J connectivity index is 1.05. The number of fused-ring (bicyclic) bond motifs is 2. The molecule has 0 radical (unpaired) electrons. The Hall–Kier alpha value is -2.63. The minimum Gasteiger partial charge on any atom is -0.387 e. The summed E-state index contributed by atoms with van der Waals surface area (Å²) in [7, 11) is -4.75. The zero-order chi connectivity index (χ0) is 40.2. The molecule has 310 valence electrons. The summed E-state index contributed by atoms with van der Waals surface area (Å²) in [5, 5.41) is 36.4. The SMILES string of the molecule is CCCCCCCCCCCCCCCCCCC[C@H](COP(=O)(O)OC1[C@@]2(C)O[C@@H](c3ccc4c(N)ncnn34)[C@H](O)[C@@]12O)OCc1ccc(C#N)c(Cl)c1. The van der Waals surface area contributed by atoms with E-state index in [-0.39, 0.29) is 19.0 Å². The molecule has 1 saturated carbocycles. The molecular formula is C41H61ClN5O8P. The highest BCUT2D eigenvalue weighted by Gasteiger charge is 2.87. The van der Waals surface area contributed by atoms with E-state index in [4.69, 9.17) is 35.9 Å². The maximum Gasteiger partial charge on any atom is 0.472 e. The van der Waals surface area contributed by atoms with Crippen molar-refractivity contribution in [2.24, 2.45) is 0 Å². The third kappa shape index (κ3) is 11.1. The molecule has 0 amide bonds. The fraction of sp³-hybridized carbons (Fsp3) is 0.683. The van der Waals surface area contributed by atoms with Crippen molar-refractivity contribution in [1.82, 2.24) is 14.6 Å². The first-order chi connectivity index (χ1) is 26.9. The average molecular weight is 818 g/mol. The van der Waals surface area contributed by atoms with Crippen molar-refractivity contribution in [1.29, 1.82) is 5.26 Å². The summed E-state index contributed by atoms with van der Waals surface area (Å²) in [6.45, 7) is 3.67. The summed E-state index contributed by atoms with van der Waals surface area (Å²) in [6, 6.07) is 10.4. The van der Waals surface area contributed by atoms with Gasteiger partial charge < -0.3 is 30.3 Å². The normalized spacial score (nSPS) is 24.6. The van der Waals surface area contributed by atoms with E-state index in [1.165, 1.54) is 108 Å². The van der Waals surface area contributed by atoms with E-state index >= 15 is 0 Å². The first-order valence-electron chi connectivity index (χ1n) is 20.6. The number of phosphoric ester groups is 1. The molecule has 0 spiro atoms. The lowest BCUT2D eigenvalue weighted by atomic mass is 10.0. The Morgan fingerprint density at radius 2 is 1.61 bits per heavy atom. The van der Waals surface area contributed by atoms with Crippen molar-refractivity contribution in [3.05, 3.63) is 58.5 Å². The van der Waals surface area contributed by atoms with Gasteiger partial charge in [0, 0.05) is 0 Å². The van der Waals surface area contributed by atoms with E-state index in [9.17, 15) is 24.9 Å². The molecule has 15 heteroatoms. The predicted molar refractivity (Wildman–Crippen MR) is 215 cm³/mol. The summed E-state index contributed by atoms with van der Waals surface area (Å²) >= 11 is 6.23. The molecule has 1 aliphatic carbocycles. The van der Waals surface area contributed by atoms with Gasteiger partial charge in [0.05, 0.1) is 35.6 Å². The second kappa shape index (κ2) is 20.9. The summed E-state index contributed by atoms with van der Waals surface area (Å²) in [4.78, 5) is 14.8. The molecule has 0 bridgehead atoms. The van der Waals surface area contributed by atoms with Gasteiger partial charge in [0.25, 0.3) is 0 Å². The Morgan fingerprint density at radius 3 is 2.16 bits per heavy atom. The third-order valence-electron chi connectivity index (χ3n) is 11.5. The smallest absolute Gasteiger partial charge is 0.387 e. The Labute approximate surface area is 336 Å². The number of anilines is 1. The topological polar surface area (TPSA) is 195 Å². The van der Waals surface area contributed by atoms with Crippen LogP contribution in [0.25, 0.3) is 5.52 Å². The van der Waals surface area contributed by atoms with Crippen LogP contribution in [-0.4, -0.2) is 65.8 Å². The van der Waals surface area contributed by atoms with Gasteiger partial charge in [-0.25, -0.2) is 14.1 Å². The highest BCUT2D eigenvalue weighted by atomic mass is 35.5. The number of aromatic nitrogens is 3. The molecule has 2 unspecified atom stereocenters. The zero-order valence-electron chi connectivity index (χ0n) is 33.0. The van der Waals surface area contributed by atoms with E-state index in [1.54, 1.807) is 30.3 Å². The van der Waals surface area contributed by atoms with Gasteiger partial charge in [-0.2, -0.15) is 10.4 Å². The molecule has 56 heavy (non-hydrogen) atoms. The Bertz CT molecular complexity index is 1790. The molecule has 3 aromatic rings. The standard InChI is InChI=1S/C41H61ClN5O8P/c1-3-4-5-6-7-8-9-10-11-12-13-14-15-16-17-18-19-20-32(52-27-30-21-22-31(26-43)33(42)25-30)28-53-56(50,51)55-39-40(2)41(39,49)37(48)36(54-40)34-23-24-35-38(44)45-29-46-47(34)35/h21-25,29,32,36-37,39,48-49H,3-20,27-28H2,1-2H3,(H,50,51)(H2,44,45,46)/t32-,36+,37+,39?,40-,41-/m1/s1. The first-order valence-corrected chi connectivity index (χ1v) is 22.4. The van der Waals surface area contributed by atoms with Crippen LogP contribution in [0.15, 0.2) is 36.7 Å². The van der Waals surface area contributed by atoms with Crippen LogP contribution < -0.4 is 5.73 Å². The highest BCUT2D eigenvalue weighted by molar-refractivity contribution is 7.47. The number of nitriles is 1. The number of nitrogens with two attached hydrogens (primary N) is 1. The molecular weight excluding hydrogens is 757 g/mol. The number of nitrogen functional groups attached to an aromatic ring is 1. The number of halogens is 1. The van der Waals surface area contributed by atoms with E-state index in [1.807, 2.05) is 6.07 Å². The van der Waals surface area contributed by atoms with Crippen LogP contribution in [0, 0.1) is 11.3 Å². The number of benzene rings is 1. The summed E-state index contributed by atoms with van der Waals surface area (Å²) in [5.74, 6) is 0.237.